The lowest BCUT2D eigenvalue weighted by atomic mass is 10.1. The summed E-state index contributed by atoms with van der Waals surface area (Å²) in [6.07, 6.45) is 2.70. The lowest BCUT2D eigenvalue weighted by Gasteiger charge is -2.16. The molecule has 1 aromatic rings. The first-order chi connectivity index (χ1) is 8.54. The average Bonchev–Trinajstić information content (AvgIpc) is 2.35. The van der Waals surface area contributed by atoms with E-state index in [-0.39, 0.29) is 5.91 Å². The maximum Gasteiger partial charge on any atom is 0.253 e. The summed E-state index contributed by atoms with van der Waals surface area (Å²) in [4.78, 5) is 14.3. The molecule has 3 nitrogen and oxygen atoms in total. The fourth-order valence-corrected chi connectivity index (χ4v) is 1.85. The molecule has 0 aliphatic heterocycles. The van der Waals surface area contributed by atoms with E-state index in [1.54, 1.807) is 4.90 Å². The van der Waals surface area contributed by atoms with Crippen molar-refractivity contribution in [2.45, 2.75) is 26.2 Å². The molecule has 1 rings (SSSR count). The van der Waals surface area contributed by atoms with Crippen LogP contribution in [0.4, 0.5) is 0 Å². The quantitative estimate of drug-likeness (QED) is 0.802. The van der Waals surface area contributed by atoms with Crippen LogP contribution in [0.25, 0.3) is 0 Å². The van der Waals surface area contributed by atoms with E-state index in [0.717, 1.165) is 24.9 Å². The molecule has 0 heterocycles. The highest BCUT2D eigenvalue weighted by molar-refractivity contribution is 7.80. The molecule has 2 N–H and O–H groups in total. The van der Waals surface area contributed by atoms with E-state index in [1.165, 1.54) is 0 Å². The highest BCUT2D eigenvalue weighted by Gasteiger charge is 2.10. The summed E-state index contributed by atoms with van der Waals surface area (Å²) >= 11 is 4.85. The number of carbonyl (C=O) groups excluding carboxylic acids is 1. The molecule has 0 atom stereocenters. The fourth-order valence-electron chi connectivity index (χ4n) is 1.68. The molecule has 0 aromatic heterocycles. The lowest BCUT2D eigenvalue weighted by Crippen LogP contribution is -2.27. The van der Waals surface area contributed by atoms with Gasteiger partial charge >= 0.3 is 0 Å². The van der Waals surface area contributed by atoms with Gasteiger partial charge in [0.2, 0.25) is 0 Å². The normalized spacial score (nSPS) is 10.1. The zero-order chi connectivity index (χ0) is 13.5. The Morgan fingerprint density at radius 1 is 1.33 bits per heavy atom. The van der Waals surface area contributed by atoms with Crippen LogP contribution in [0.1, 0.15) is 35.7 Å². The van der Waals surface area contributed by atoms with Gasteiger partial charge in [-0.3, -0.25) is 4.79 Å². The minimum Gasteiger partial charge on any atom is -0.393 e. The summed E-state index contributed by atoms with van der Waals surface area (Å²) in [6, 6.07) is 7.47. The third-order valence-corrected chi connectivity index (χ3v) is 2.92. The Morgan fingerprint density at radius 3 is 2.44 bits per heavy atom. The van der Waals surface area contributed by atoms with Crippen molar-refractivity contribution in [1.82, 2.24) is 4.90 Å². The number of amides is 1. The van der Waals surface area contributed by atoms with Gasteiger partial charge in [-0.25, -0.2) is 0 Å². The molecule has 0 aliphatic carbocycles. The van der Waals surface area contributed by atoms with Gasteiger partial charge in [-0.05, 0) is 24.1 Å². The van der Waals surface area contributed by atoms with Crippen molar-refractivity contribution in [3.8, 4) is 0 Å². The zero-order valence-corrected chi connectivity index (χ0v) is 11.8. The van der Waals surface area contributed by atoms with Crippen LogP contribution < -0.4 is 5.73 Å². The number of hydrogen-bond acceptors (Lipinski definition) is 2. The molecule has 0 spiro atoms. The highest BCUT2D eigenvalue weighted by atomic mass is 32.1. The second kappa shape index (κ2) is 7.11. The van der Waals surface area contributed by atoms with Crippen LogP contribution in [-0.2, 0) is 6.42 Å². The molecule has 4 heteroatoms. The first-order valence-corrected chi connectivity index (χ1v) is 6.58. The van der Waals surface area contributed by atoms with E-state index in [4.69, 9.17) is 18.0 Å². The number of hydrogen-bond donors (Lipinski definition) is 1. The summed E-state index contributed by atoms with van der Waals surface area (Å²) in [6.45, 7) is 2.91. The SMILES string of the molecule is CCCCN(C)C(=O)c1ccc(CC(N)=S)cc1. The molecule has 0 fully saturated rings. The molecule has 0 saturated heterocycles. The summed E-state index contributed by atoms with van der Waals surface area (Å²) < 4.78 is 0. The Kier molecular flexibility index (Phi) is 5.78. The van der Waals surface area contributed by atoms with Gasteiger partial charge < -0.3 is 10.6 Å². The number of unbranched alkanes of at least 4 members (excludes halogenated alkanes) is 1. The fraction of sp³-hybridized carbons (Fsp3) is 0.429. The number of thiocarbonyl (C=S) groups is 1. The number of carbonyl (C=O) groups is 1. The summed E-state index contributed by atoms with van der Waals surface area (Å²) in [5.41, 5.74) is 7.23. The lowest BCUT2D eigenvalue weighted by molar-refractivity contribution is 0.0793. The minimum absolute atomic E-state index is 0.0605. The van der Waals surface area contributed by atoms with Gasteiger partial charge in [0.25, 0.3) is 5.91 Å². The predicted molar refractivity (Wildman–Crippen MR) is 78.8 cm³/mol. The van der Waals surface area contributed by atoms with Gasteiger partial charge in [0.05, 0.1) is 4.99 Å². The molecule has 0 aliphatic rings. The van der Waals surface area contributed by atoms with Crippen LogP contribution in [0.5, 0.6) is 0 Å². The van der Waals surface area contributed by atoms with E-state index < -0.39 is 0 Å². The van der Waals surface area contributed by atoms with Crippen LogP contribution in [-0.4, -0.2) is 29.4 Å². The summed E-state index contributed by atoms with van der Waals surface area (Å²) in [5, 5.41) is 0. The van der Waals surface area contributed by atoms with Crippen molar-refractivity contribution in [3.05, 3.63) is 35.4 Å². The Hall–Kier alpha value is -1.42. The first-order valence-electron chi connectivity index (χ1n) is 6.17. The molecule has 0 bridgehead atoms. The minimum atomic E-state index is 0.0605. The van der Waals surface area contributed by atoms with Gasteiger partial charge in [-0.2, -0.15) is 0 Å². The molecule has 0 saturated carbocycles. The monoisotopic (exact) mass is 264 g/mol. The third kappa shape index (κ3) is 4.45. The van der Waals surface area contributed by atoms with Crippen molar-refractivity contribution >= 4 is 23.1 Å². The van der Waals surface area contributed by atoms with Gasteiger partial charge in [-0.15, -0.1) is 0 Å². The average molecular weight is 264 g/mol. The Balaban J connectivity index is 2.66. The Morgan fingerprint density at radius 2 is 1.94 bits per heavy atom. The Labute approximate surface area is 114 Å². The smallest absolute Gasteiger partial charge is 0.253 e. The third-order valence-electron chi connectivity index (χ3n) is 2.77. The van der Waals surface area contributed by atoms with Crippen LogP contribution in [0.3, 0.4) is 0 Å². The maximum absolute atomic E-state index is 12.1. The van der Waals surface area contributed by atoms with E-state index in [2.05, 4.69) is 6.92 Å². The first kappa shape index (κ1) is 14.6. The zero-order valence-electron chi connectivity index (χ0n) is 11.0. The molecule has 1 amide bonds. The number of nitrogens with two attached hydrogens (primary N) is 1. The van der Waals surface area contributed by atoms with Crippen molar-refractivity contribution in [3.63, 3.8) is 0 Å². The standard InChI is InChI=1S/C14H20N2OS/c1-3-4-9-16(2)14(17)12-7-5-11(6-8-12)10-13(15)18/h5-8H,3-4,9-10H2,1-2H3,(H2,15,18). The van der Waals surface area contributed by atoms with Crippen molar-refractivity contribution in [2.24, 2.45) is 5.73 Å². The van der Waals surface area contributed by atoms with Crippen molar-refractivity contribution < 1.29 is 4.79 Å². The molecule has 98 valence electrons. The van der Waals surface area contributed by atoms with Crippen LogP contribution >= 0.6 is 12.2 Å². The van der Waals surface area contributed by atoms with Gasteiger partial charge in [0, 0.05) is 25.6 Å². The van der Waals surface area contributed by atoms with Gasteiger partial charge in [0.15, 0.2) is 0 Å². The second-order valence-electron chi connectivity index (χ2n) is 4.42. The van der Waals surface area contributed by atoms with Crippen molar-refractivity contribution in [2.75, 3.05) is 13.6 Å². The number of benzene rings is 1. The largest absolute Gasteiger partial charge is 0.393 e. The van der Waals surface area contributed by atoms with Crippen LogP contribution in [0.2, 0.25) is 0 Å². The van der Waals surface area contributed by atoms with Crippen LogP contribution in [0.15, 0.2) is 24.3 Å². The predicted octanol–water partition coefficient (Wildman–Crippen LogP) is 2.39. The maximum atomic E-state index is 12.1. The molecule has 0 radical (unpaired) electrons. The van der Waals surface area contributed by atoms with Crippen molar-refractivity contribution in [1.29, 1.82) is 0 Å². The van der Waals surface area contributed by atoms with Gasteiger partial charge in [-0.1, -0.05) is 37.7 Å². The second-order valence-corrected chi connectivity index (χ2v) is 4.94. The number of rotatable bonds is 6. The molecule has 0 unspecified atom stereocenters. The van der Waals surface area contributed by atoms with E-state index >= 15 is 0 Å². The van der Waals surface area contributed by atoms with Crippen LogP contribution in [0, 0.1) is 0 Å². The molecular weight excluding hydrogens is 244 g/mol. The summed E-state index contributed by atoms with van der Waals surface area (Å²) in [5.74, 6) is 0.0605. The molecule has 18 heavy (non-hydrogen) atoms. The molecule has 1 aromatic carbocycles. The highest BCUT2D eigenvalue weighted by Crippen LogP contribution is 2.08. The van der Waals surface area contributed by atoms with E-state index in [0.29, 0.717) is 17.0 Å². The van der Waals surface area contributed by atoms with Gasteiger partial charge in [0.1, 0.15) is 0 Å². The van der Waals surface area contributed by atoms with E-state index in [1.807, 2.05) is 31.3 Å². The topological polar surface area (TPSA) is 46.3 Å². The van der Waals surface area contributed by atoms with E-state index in [9.17, 15) is 4.79 Å². The molecular formula is C14H20N2OS. The number of nitrogens with zero attached hydrogens (tertiary/aromatic N) is 1. The Bertz CT molecular complexity index is 414. The summed E-state index contributed by atoms with van der Waals surface area (Å²) in [7, 11) is 1.83.